The molecule has 2 N–H and O–H groups in total. The van der Waals surface area contributed by atoms with Gasteiger partial charge >= 0.3 is 0 Å². The van der Waals surface area contributed by atoms with Gasteiger partial charge in [-0.15, -0.1) is 11.3 Å². The van der Waals surface area contributed by atoms with E-state index in [4.69, 9.17) is 9.47 Å². The average Bonchev–Trinajstić information content (AvgIpc) is 3.44. The molecule has 6 nitrogen and oxygen atoms in total. The SMILES string of the molecule is CCCCN(CCCC)Cc1ccc(CCCN(C[C@H](O)COc2ccccc2)C[C@H](O)COc2ccccc2)s1. The van der Waals surface area contributed by atoms with Gasteiger partial charge in [-0.25, -0.2) is 0 Å². The van der Waals surface area contributed by atoms with Crippen LogP contribution in [0.25, 0.3) is 0 Å². The number of para-hydroxylation sites is 2. The molecule has 2 atom stereocenters. The van der Waals surface area contributed by atoms with Crippen molar-refractivity contribution in [2.24, 2.45) is 0 Å². The van der Waals surface area contributed by atoms with Crippen LogP contribution in [0.1, 0.15) is 55.7 Å². The van der Waals surface area contributed by atoms with E-state index in [1.807, 2.05) is 72.0 Å². The Balaban J connectivity index is 1.50. The van der Waals surface area contributed by atoms with Gasteiger partial charge in [-0.1, -0.05) is 63.1 Å². The largest absolute Gasteiger partial charge is 0.491 e. The Hall–Kier alpha value is -2.42. The molecule has 1 aromatic heterocycles. The molecule has 0 fully saturated rings. The number of ether oxygens (including phenoxy) is 2. The van der Waals surface area contributed by atoms with E-state index in [-0.39, 0.29) is 13.2 Å². The normalized spacial score (nSPS) is 13.0. The first-order valence-corrected chi connectivity index (χ1v) is 16.1. The summed E-state index contributed by atoms with van der Waals surface area (Å²) in [4.78, 5) is 7.56. The number of hydrogen-bond donors (Lipinski definition) is 2. The summed E-state index contributed by atoms with van der Waals surface area (Å²) in [5, 5.41) is 21.5. The fourth-order valence-corrected chi connectivity index (χ4v) is 5.85. The van der Waals surface area contributed by atoms with Gasteiger partial charge in [0.25, 0.3) is 0 Å². The van der Waals surface area contributed by atoms with E-state index in [0.717, 1.165) is 37.4 Å². The van der Waals surface area contributed by atoms with Crippen molar-refractivity contribution >= 4 is 11.3 Å². The van der Waals surface area contributed by atoms with Crippen molar-refractivity contribution < 1.29 is 19.7 Å². The minimum absolute atomic E-state index is 0.206. The lowest BCUT2D eigenvalue weighted by Crippen LogP contribution is -2.42. The number of rotatable bonds is 22. The summed E-state index contributed by atoms with van der Waals surface area (Å²) < 4.78 is 11.5. The van der Waals surface area contributed by atoms with E-state index in [1.54, 1.807) is 0 Å². The van der Waals surface area contributed by atoms with Crippen LogP contribution in [0.5, 0.6) is 11.5 Å². The van der Waals surface area contributed by atoms with E-state index in [1.165, 1.54) is 48.5 Å². The zero-order valence-corrected chi connectivity index (χ0v) is 25.8. The molecule has 0 bridgehead atoms. The molecule has 7 heteroatoms. The number of hydrogen-bond acceptors (Lipinski definition) is 7. The lowest BCUT2D eigenvalue weighted by Gasteiger charge is -2.27. The summed E-state index contributed by atoms with van der Waals surface area (Å²) in [7, 11) is 0. The van der Waals surface area contributed by atoms with E-state index < -0.39 is 12.2 Å². The maximum Gasteiger partial charge on any atom is 0.119 e. The Labute approximate surface area is 251 Å². The Morgan fingerprint density at radius 2 is 1.12 bits per heavy atom. The second-order valence-corrected chi connectivity index (χ2v) is 12.0. The predicted molar refractivity (Wildman–Crippen MR) is 170 cm³/mol. The first-order chi connectivity index (χ1) is 20.1. The lowest BCUT2D eigenvalue weighted by atomic mass is 10.2. The van der Waals surface area contributed by atoms with Crippen LogP contribution >= 0.6 is 11.3 Å². The van der Waals surface area contributed by atoms with Gasteiger partial charge in [0.2, 0.25) is 0 Å². The monoisotopic (exact) mass is 582 g/mol. The molecule has 0 aliphatic rings. The van der Waals surface area contributed by atoms with E-state index >= 15 is 0 Å². The maximum absolute atomic E-state index is 10.7. The molecular formula is C34H50N2O4S. The van der Waals surface area contributed by atoms with Gasteiger partial charge in [-0.05, 0) is 81.7 Å². The topological polar surface area (TPSA) is 65.4 Å². The summed E-state index contributed by atoms with van der Waals surface area (Å²) in [6, 6.07) is 23.7. The van der Waals surface area contributed by atoms with Crippen molar-refractivity contribution in [2.75, 3.05) is 45.9 Å². The predicted octanol–water partition coefficient (Wildman–Crippen LogP) is 6.26. The van der Waals surface area contributed by atoms with E-state index in [2.05, 4.69) is 35.8 Å². The smallest absolute Gasteiger partial charge is 0.119 e. The maximum atomic E-state index is 10.7. The number of unbranched alkanes of at least 4 members (excludes halogenated alkanes) is 2. The van der Waals surface area contributed by atoms with Crippen LogP contribution in [-0.4, -0.2) is 78.2 Å². The summed E-state index contributed by atoms with van der Waals surface area (Å²) in [5.41, 5.74) is 0. The van der Waals surface area contributed by atoms with Gasteiger partial charge in [0.05, 0.1) is 0 Å². The van der Waals surface area contributed by atoms with Gasteiger partial charge in [-0.3, -0.25) is 9.80 Å². The summed E-state index contributed by atoms with van der Waals surface area (Å²) in [6.45, 7) is 9.94. The highest BCUT2D eigenvalue weighted by molar-refractivity contribution is 7.11. The third-order valence-electron chi connectivity index (χ3n) is 6.96. The zero-order chi connectivity index (χ0) is 29.1. The Bertz CT molecular complexity index is 990. The average molecular weight is 583 g/mol. The van der Waals surface area contributed by atoms with Crippen molar-refractivity contribution in [2.45, 2.75) is 71.1 Å². The second-order valence-electron chi connectivity index (χ2n) is 10.8. The minimum atomic E-state index is -0.664. The number of benzene rings is 2. The number of aryl methyl sites for hydroxylation is 1. The molecule has 0 saturated heterocycles. The van der Waals surface area contributed by atoms with Crippen molar-refractivity contribution in [3.63, 3.8) is 0 Å². The van der Waals surface area contributed by atoms with Crippen molar-refractivity contribution in [1.29, 1.82) is 0 Å². The molecule has 226 valence electrons. The molecule has 1 heterocycles. The fourth-order valence-electron chi connectivity index (χ4n) is 4.75. The lowest BCUT2D eigenvalue weighted by molar-refractivity contribution is 0.0310. The number of aliphatic hydroxyl groups excluding tert-OH is 2. The van der Waals surface area contributed by atoms with Crippen LogP contribution in [-0.2, 0) is 13.0 Å². The number of nitrogens with zero attached hydrogens (tertiary/aromatic N) is 2. The molecule has 3 aromatic rings. The Kier molecular flexibility index (Phi) is 15.9. The molecule has 41 heavy (non-hydrogen) atoms. The fraction of sp³-hybridized carbons (Fsp3) is 0.529. The molecule has 2 aromatic carbocycles. The standard InChI is InChI=1S/C34H50N2O4S/c1-3-5-21-35(22-6-4-2)26-34-20-19-33(41-34)18-13-23-36(24-29(37)27-39-31-14-9-7-10-15-31)25-30(38)28-40-32-16-11-8-12-17-32/h7-12,14-17,19-20,29-30,37-38H,3-6,13,18,21-28H2,1-2H3/t29-,30-/m0/s1. The molecule has 0 saturated carbocycles. The summed E-state index contributed by atoms with van der Waals surface area (Å²) in [5.74, 6) is 1.48. The highest BCUT2D eigenvalue weighted by Gasteiger charge is 2.17. The van der Waals surface area contributed by atoms with Crippen LogP contribution in [0.2, 0.25) is 0 Å². The molecule has 0 amide bonds. The Morgan fingerprint density at radius 3 is 1.63 bits per heavy atom. The second kappa shape index (κ2) is 19.7. The van der Waals surface area contributed by atoms with Gasteiger partial charge in [0.1, 0.15) is 36.9 Å². The van der Waals surface area contributed by atoms with Crippen LogP contribution in [0.4, 0.5) is 0 Å². The van der Waals surface area contributed by atoms with Gasteiger partial charge in [0.15, 0.2) is 0 Å². The van der Waals surface area contributed by atoms with Crippen molar-refractivity contribution in [3.05, 3.63) is 82.6 Å². The number of thiophene rings is 1. The minimum Gasteiger partial charge on any atom is -0.491 e. The van der Waals surface area contributed by atoms with Gasteiger partial charge in [-0.2, -0.15) is 0 Å². The van der Waals surface area contributed by atoms with Crippen LogP contribution in [0, 0.1) is 0 Å². The third-order valence-corrected chi connectivity index (χ3v) is 8.09. The van der Waals surface area contributed by atoms with Crippen LogP contribution in [0.15, 0.2) is 72.8 Å². The molecule has 0 unspecified atom stereocenters. The van der Waals surface area contributed by atoms with Gasteiger partial charge < -0.3 is 19.7 Å². The molecule has 0 spiro atoms. The van der Waals surface area contributed by atoms with Crippen molar-refractivity contribution in [1.82, 2.24) is 9.80 Å². The Morgan fingerprint density at radius 1 is 0.634 bits per heavy atom. The summed E-state index contributed by atoms with van der Waals surface area (Å²) in [6.07, 6.45) is 5.58. The summed E-state index contributed by atoms with van der Waals surface area (Å²) >= 11 is 1.92. The molecular weight excluding hydrogens is 532 g/mol. The van der Waals surface area contributed by atoms with E-state index in [0.29, 0.717) is 13.1 Å². The molecule has 0 aliphatic heterocycles. The van der Waals surface area contributed by atoms with Crippen LogP contribution < -0.4 is 9.47 Å². The van der Waals surface area contributed by atoms with Gasteiger partial charge in [0, 0.05) is 29.4 Å². The first-order valence-electron chi connectivity index (χ1n) is 15.3. The third kappa shape index (κ3) is 13.9. The highest BCUT2D eigenvalue weighted by atomic mass is 32.1. The quantitative estimate of drug-likeness (QED) is 0.146. The molecule has 0 aliphatic carbocycles. The van der Waals surface area contributed by atoms with Crippen LogP contribution in [0.3, 0.4) is 0 Å². The molecule has 3 rings (SSSR count). The van der Waals surface area contributed by atoms with E-state index in [9.17, 15) is 10.2 Å². The zero-order valence-electron chi connectivity index (χ0n) is 25.0. The first kappa shape index (κ1) is 33.1. The number of aliphatic hydroxyl groups is 2. The van der Waals surface area contributed by atoms with Crippen molar-refractivity contribution in [3.8, 4) is 11.5 Å². The highest BCUT2D eigenvalue weighted by Crippen LogP contribution is 2.21. The molecule has 0 radical (unpaired) electrons.